The van der Waals surface area contributed by atoms with E-state index in [0.717, 1.165) is 6.54 Å². The van der Waals surface area contributed by atoms with E-state index in [1.165, 1.54) is 29.7 Å². The van der Waals surface area contributed by atoms with Crippen molar-refractivity contribution in [3.05, 3.63) is 60.2 Å². The molecule has 0 saturated carbocycles. The number of likely N-dealkylation sites (N-methyl/N-ethyl adjacent to an activating group) is 1. The first-order valence-electron chi connectivity index (χ1n) is 7.02. The third kappa shape index (κ3) is 2.43. The molecular formula is C18H21N. The summed E-state index contributed by atoms with van der Waals surface area (Å²) < 4.78 is 0. The Morgan fingerprint density at radius 1 is 0.895 bits per heavy atom. The molecule has 0 radical (unpaired) electrons. The lowest BCUT2D eigenvalue weighted by Gasteiger charge is -2.24. The van der Waals surface area contributed by atoms with Gasteiger partial charge in [0.1, 0.15) is 0 Å². The monoisotopic (exact) mass is 251 g/mol. The van der Waals surface area contributed by atoms with Gasteiger partial charge in [-0.15, -0.1) is 0 Å². The molecule has 0 spiro atoms. The van der Waals surface area contributed by atoms with Crippen molar-refractivity contribution >= 4 is 0 Å². The molecule has 0 bridgehead atoms. The van der Waals surface area contributed by atoms with Crippen molar-refractivity contribution in [2.45, 2.75) is 18.8 Å². The van der Waals surface area contributed by atoms with Crippen LogP contribution in [0.4, 0.5) is 0 Å². The van der Waals surface area contributed by atoms with Gasteiger partial charge in [0.2, 0.25) is 0 Å². The largest absolute Gasteiger partial charge is 0.305 e. The molecule has 1 heteroatoms. The van der Waals surface area contributed by atoms with Crippen molar-refractivity contribution in [2.24, 2.45) is 0 Å². The second-order valence-electron chi connectivity index (χ2n) is 5.99. The highest BCUT2D eigenvalue weighted by Gasteiger charge is 2.33. The lowest BCUT2D eigenvalue weighted by Crippen LogP contribution is -2.25. The van der Waals surface area contributed by atoms with Crippen molar-refractivity contribution in [1.82, 2.24) is 4.90 Å². The zero-order valence-corrected chi connectivity index (χ0v) is 11.8. The van der Waals surface area contributed by atoms with Gasteiger partial charge in [0.25, 0.3) is 0 Å². The fraction of sp³-hybridized carbons (Fsp3) is 0.333. The Hall–Kier alpha value is -1.60. The van der Waals surface area contributed by atoms with Crippen molar-refractivity contribution in [2.75, 3.05) is 20.1 Å². The summed E-state index contributed by atoms with van der Waals surface area (Å²) in [6, 6.07) is 19.7. The molecule has 1 aliphatic heterocycles. The van der Waals surface area contributed by atoms with Gasteiger partial charge in [0.05, 0.1) is 0 Å². The van der Waals surface area contributed by atoms with E-state index >= 15 is 0 Å². The fourth-order valence-electron chi connectivity index (χ4n) is 3.12. The predicted molar refractivity (Wildman–Crippen MR) is 81.3 cm³/mol. The average molecular weight is 251 g/mol. The van der Waals surface area contributed by atoms with Crippen LogP contribution >= 0.6 is 0 Å². The molecule has 2 aromatic rings. The first kappa shape index (κ1) is 12.4. The summed E-state index contributed by atoms with van der Waals surface area (Å²) in [5.41, 5.74) is 4.39. The van der Waals surface area contributed by atoms with Crippen molar-refractivity contribution in [1.29, 1.82) is 0 Å². The Bertz CT molecular complexity index is 544. The Labute approximate surface area is 115 Å². The molecular weight excluding hydrogens is 230 g/mol. The maximum absolute atomic E-state index is 2.42. The lowest BCUT2D eigenvalue weighted by molar-refractivity contribution is 0.381. The quantitative estimate of drug-likeness (QED) is 0.781. The van der Waals surface area contributed by atoms with Crippen LogP contribution in [0.3, 0.4) is 0 Å². The normalized spacial score (nSPS) is 23.7. The molecule has 2 aromatic carbocycles. The minimum absolute atomic E-state index is 0.323. The van der Waals surface area contributed by atoms with E-state index in [9.17, 15) is 0 Å². The molecule has 0 amide bonds. The highest BCUT2D eigenvalue weighted by Crippen LogP contribution is 2.34. The SMILES string of the molecule is CN1CCC(C)(c2ccc(-c3ccccc3)cc2)C1. The molecule has 0 aromatic heterocycles. The summed E-state index contributed by atoms with van der Waals surface area (Å²) in [5.74, 6) is 0. The molecule has 1 heterocycles. The second-order valence-corrected chi connectivity index (χ2v) is 5.99. The van der Waals surface area contributed by atoms with Gasteiger partial charge in [-0.1, -0.05) is 61.5 Å². The maximum Gasteiger partial charge on any atom is 0.00734 e. The van der Waals surface area contributed by atoms with Crippen LogP contribution < -0.4 is 0 Å². The number of rotatable bonds is 2. The number of benzene rings is 2. The molecule has 1 atom stereocenters. The minimum atomic E-state index is 0.323. The van der Waals surface area contributed by atoms with Gasteiger partial charge in [0.15, 0.2) is 0 Å². The van der Waals surface area contributed by atoms with Gasteiger partial charge in [-0.2, -0.15) is 0 Å². The van der Waals surface area contributed by atoms with Crippen LogP contribution in [0.5, 0.6) is 0 Å². The zero-order chi connectivity index (χ0) is 13.3. The molecule has 1 unspecified atom stereocenters. The summed E-state index contributed by atoms with van der Waals surface area (Å²) in [7, 11) is 2.21. The van der Waals surface area contributed by atoms with Crippen LogP contribution in [0.15, 0.2) is 54.6 Å². The lowest BCUT2D eigenvalue weighted by atomic mass is 9.81. The van der Waals surface area contributed by atoms with Gasteiger partial charge >= 0.3 is 0 Å². The van der Waals surface area contributed by atoms with E-state index in [1.807, 2.05) is 0 Å². The van der Waals surface area contributed by atoms with Crippen LogP contribution in [0.1, 0.15) is 18.9 Å². The van der Waals surface area contributed by atoms with E-state index in [2.05, 4.69) is 73.5 Å². The van der Waals surface area contributed by atoms with Gasteiger partial charge in [-0.25, -0.2) is 0 Å². The number of hydrogen-bond donors (Lipinski definition) is 0. The van der Waals surface area contributed by atoms with E-state index < -0.39 is 0 Å². The van der Waals surface area contributed by atoms with E-state index in [4.69, 9.17) is 0 Å². The van der Waals surface area contributed by atoms with E-state index in [1.54, 1.807) is 0 Å². The third-order valence-corrected chi connectivity index (χ3v) is 4.35. The molecule has 98 valence electrons. The van der Waals surface area contributed by atoms with Crippen molar-refractivity contribution in [3.8, 4) is 11.1 Å². The molecule has 0 aliphatic carbocycles. The molecule has 0 N–H and O–H groups in total. The first-order chi connectivity index (χ1) is 9.17. The smallest absolute Gasteiger partial charge is 0.00734 e. The highest BCUT2D eigenvalue weighted by atomic mass is 15.1. The summed E-state index contributed by atoms with van der Waals surface area (Å²) in [5, 5.41) is 0. The minimum Gasteiger partial charge on any atom is -0.305 e. The molecule has 1 fully saturated rings. The number of likely N-dealkylation sites (tertiary alicyclic amines) is 1. The molecule has 19 heavy (non-hydrogen) atoms. The average Bonchev–Trinajstić information content (AvgIpc) is 2.81. The van der Waals surface area contributed by atoms with E-state index in [-0.39, 0.29) is 0 Å². The van der Waals surface area contributed by atoms with Crippen LogP contribution in [0, 0.1) is 0 Å². The van der Waals surface area contributed by atoms with Gasteiger partial charge in [0, 0.05) is 12.0 Å². The Morgan fingerprint density at radius 2 is 1.53 bits per heavy atom. The van der Waals surface area contributed by atoms with Crippen LogP contribution in [0.2, 0.25) is 0 Å². The fourth-order valence-corrected chi connectivity index (χ4v) is 3.12. The zero-order valence-electron chi connectivity index (χ0n) is 11.8. The summed E-state index contributed by atoms with van der Waals surface area (Å²) >= 11 is 0. The second kappa shape index (κ2) is 4.82. The van der Waals surface area contributed by atoms with Crippen LogP contribution in [-0.4, -0.2) is 25.0 Å². The Morgan fingerprint density at radius 3 is 2.11 bits per heavy atom. The highest BCUT2D eigenvalue weighted by molar-refractivity contribution is 5.63. The third-order valence-electron chi connectivity index (χ3n) is 4.35. The molecule has 3 rings (SSSR count). The maximum atomic E-state index is 2.42. The number of hydrogen-bond acceptors (Lipinski definition) is 1. The summed E-state index contributed by atoms with van der Waals surface area (Å²) in [6.07, 6.45) is 1.26. The molecule has 1 saturated heterocycles. The molecule has 1 aliphatic rings. The first-order valence-corrected chi connectivity index (χ1v) is 7.02. The van der Waals surface area contributed by atoms with Crippen molar-refractivity contribution in [3.63, 3.8) is 0 Å². The van der Waals surface area contributed by atoms with Gasteiger partial charge in [-0.05, 0) is 36.7 Å². The predicted octanol–water partition coefficient (Wildman–Crippen LogP) is 3.95. The summed E-state index contributed by atoms with van der Waals surface area (Å²) in [4.78, 5) is 2.42. The van der Waals surface area contributed by atoms with Crippen molar-refractivity contribution < 1.29 is 0 Å². The topological polar surface area (TPSA) is 3.24 Å². The standard InChI is InChI=1S/C18H21N/c1-18(12-13-19(2)14-18)17-10-8-16(9-11-17)15-6-4-3-5-7-15/h3-11H,12-14H2,1-2H3. The van der Waals surface area contributed by atoms with Gasteiger partial charge in [-0.3, -0.25) is 0 Å². The number of nitrogens with zero attached hydrogens (tertiary/aromatic N) is 1. The molecule has 1 nitrogen and oxygen atoms in total. The summed E-state index contributed by atoms with van der Waals surface area (Å²) in [6.45, 7) is 4.75. The Balaban J connectivity index is 1.87. The van der Waals surface area contributed by atoms with Gasteiger partial charge < -0.3 is 4.90 Å². The van der Waals surface area contributed by atoms with E-state index in [0.29, 0.717) is 5.41 Å². The van der Waals surface area contributed by atoms with Crippen LogP contribution in [0.25, 0.3) is 11.1 Å². The van der Waals surface area contributed by atoms with Crippen LogP contribution in [-0.2, 0) is 5.41 Å². The Kier molecular flexibility index (Phi) is 3.16.